The summed E-state index contributed by atoms with van der Waals surface area (Å²) < 4.78 is 0. The van der Waals surface area contributed by atoms with Crippen LogP contribution in [0.15, 0.2) is 72.8 Å². The summed E-state index contributed by atoms with van der Waals surface area (Å²) >= 11 is 5.99. The van der Waals surface area contributed by atoms with Crippen LogP contribution in [0.3, 0.4) is 0 Å². The zero-order valence-corrected chi connectivity index (χ0v) is 17.1. The number of hydrogen-bond acceptors (Lipinski definition) is 4. The number of rotatable bonds is 6. The van der Waals surface area contributed by atoms with Crippen molar-refractivity contribution in [2.24, 2.45) is 0 Å². The van der Waals surface area contributed by atoms with Crippen molar-refractivity contribution < 1.29 is 15.0 Å². The highest BCUT2D eigenvalue weighted by molar-refractivity contribution is 6.31. The maximum absolute atomic E-state index is 12.7. The summed E-state index contributed by atoms with van der Waals surface area (Å²) in [6, 6.07) is 21.9. The van der Waals surface area contributed by atoms with Crippen LogP contribution < -0.4 is 10.2 Å². The number of fused-ring (bicyclic) bond motifs is 1. The molecular formula is C24H23ClN2O3. The Bertz CT molecular complexity index is 1040. The molecule has 1 heterocycles. The van der Waals surface area contributed by atoms with E-state index in [1.165, 1.54) is 0 Å². The lowest BCUT2D eigenvalue weighted by Gasteiger charge is -2.33. The molecule has 0 saturated heterocycles. The minimum absolute atomic E-state index is 0.200. The van der Waals surface area contributed by atoms with E-state index in [0.717, 1.165) is 23.2 Å². The molecule has 4 rings (SSSR count). The SMILES string of the molecule is O=C(Nc1cccc(Cl)c1)c1ccc2c(c1)CCN2[C@@H](c1ccccc1)[C@H](O)CO. The average molecular weight is 423 g/mol. The molecule has 0 bridgehead atoms. The fourth-order valence-corrected chi connectivity index (χ4v) is 4.18. The van der Waals surface area contributed by atoms with Gasteiger partial charge in [-0.3, -0.25) is 4.79 Å². The fourth-order valence-electron chi connectivity index (χ4n) is 3.99. The predicted molar refractivity (Wildman–Crippen MR) is 119 cm³/mol. The molecule has 3 N–H and O–H groups in total. The van der Waals surface area contributed by atoms with Gasteiger partial charge in [0.1, 0.15) is 6.10 Å². The standard InChI is InChI=1S/C24H23ClN2O3/c25-19-7-4-8-20(14-19)26-24(30)18-9-10-21-17(13-18)11-12-27(21)23(22(29)15-28)16-5-2-1-3-6-16/h1-10,13-14,22-23,28-29H,11-12,15H2,(H,26,30)/t22-,23+/m1/s1. The maximum atomic E-state index is 12.7. The van der Waals surface area contributed by atoms with Crippen LogP contribution in [0.2, 0.25) is 5.02 Å². The van der Waals surface area contributed by atoms with Crippen LogP contribution in [0.1, 0.15) is 27.5 Å². The zero-order valence-electron chi connectivity index (χ0n) is 16.3. The van der Waals surface area contributed by atoms with E-state index in [1.807, 2.05) is 42.5 Å². The minimum Gasteiger partial charge on any atom is -0.394 e. The van der Waals surface area contributed by atoms with Crippen molar-refractivity contribution in [2.75, 3.05) is 23.4 Å². The molecule has 5 nitrogen and oxygen atoms in total. The van der Waals surface area contributed by atoms with Gasteiger partial charge in [-0.25, -0.2) is 0 Å². The lowest BCUT2D eigenvalue weighted by Crippen LogP contribution is -2.37. The van der Waals surface area contributed by atoms with E-state index in [-0.39, 0.29) is 18.6 Å². The smallest absolute Gasteiger partial charge is 0.255 e. The second-order valence-electron chi connectivity index (χ2n) is 7.36. The van der Waals surface area contributed by atoms with Gasteiger partial charge in [0.05, 0.1) is 12.6 Å². The molecule has 0 aliphatic carbocycles. The number of aliphatic hydroxyl groups excluding tert-OH is 2. The van der Waals surface area contributed by atoms with Crippen LogP contribution in [0.25, 0.3) is 0 Å². The monoisotopic (exact) mass is 422 g/mol. The van der Waals surface area contributed by atoms with Gasteiger partial charge in [0, 0.05) is 28.5 Å². The third-order valence-electron chi connectivity index (χ3n) is 5.38. The number of nitrogens with zero attached hydrogens (tertiary/aromatic N) is 1. The number of amides is 1. The van der Waals surface area contributed by atoms with E-state index in [1.54, 1.807) is 30.3 Å². The van der Waals surface area contributed by atoms with Crippen LogP contribution in [0.5, 0.6) is 0 Å². The summed E-state index contributed by atoms with van der Waals surface area (Å²) in [5.41, 5.74) is 4.16. The summed E-state index contributed by atoms with van der Waals surface area (Å²) in [6.45, 7) is 0.372. The van der Waals surface area contributed by atoms with Gasteiger partial charge < -0.3 is 20.4 Å². The zero-order chi connectivity index (χ0) is 21.1. The van der Waals surface area contributed by atoms with Crippen molar-refractivity contribution in [3.05, 3.63) is 94.5 Å². The van der Waals surface area contributed by atoms with E-state index in [4.69, 9.17) is 11.6 Å². The highest BCUT2D eigenvalue weighted by Crippen LogP contribution is 2.37. The highest BCUT2D eigenvalue weighted by atomic mass is 35.5. The quantitative estimate of drug-likeness (QED) is 0.560. The number of carbonyl (C=O) groups excluding carboxylic acids is 1. The second kappa shape index (κ2) is 8.88. The van der Waals surface area contributed by atoms with Gasteiger partial charge in [0.2, 0.25) is 0 Å². The lowest BCUT2D eigenvalue weighted by atomic mass is 9.99. The van der Waals surface area contributed by atoms with Gasteiger partial charge in [-0.05, 0) is 53.9 Å². The Morgan fingerprint density at radius 1 is 1.07 bits per heavy atom. The first-order valence-electron chi connectivity index (χ1n) is 9.87. The number of benzene rings is 3. The minimum atomic E-state index is -0.913. The van der Waals surface area contributed by atoms with Gasteiger partial charge in [-0.1, -0.05) is 48.0 Å². The van der Waals surface area contributed by atoms with Gasteiger partial charge in [-0.2, -0.15) is 0 Å². The van der Waals surface area contributed by atoms with E-state index in [9.17, 15) is 15.0 Å². The summed E-state index contributed by atoms with van der Waals surface area (Å²) in [5.74, 6) is -0.200. The molecule has 3 aromatic rings. The molecule has 154 valence electrons. The highest BCUT2D eigenvalue weighted by Gasteiger charge is 2.32. The average Bonchev–Trinajstić information content (AvgIpc) is 3.17. The van der Waals surface area contributed by atoms with Crippen molar-refractivity contribution in [2.45, 2.75) is 18.6 Å². The summed E-state index contributed by atoms with van der Waals surface area (Å²) in [5, 5.41) is 23.6. The van der Waals surface area contributed by atoms with Gasteiger partial charge in [0.25, 0.3) is 5.91 Å². The van der Waals surface area contributed by atoms with Crippen LogP contribution in [-0.4, -0.2) is 35.4 Å². The molecule has 0 radical (unpaired) electrons. The number of hydrogen-bond donors (Lipinski definition) is 3. The van der Waals surface area contributed by atoms with E-state index in [0.29, 0.717) is 22.8 Å². The van der Waals surface area contributed by atoms with Crippen molar-refractivity contribution in [3.63, 3.8) is 0 Å². The van der Waals surface area contributed by atoms with Gasteiger partial charge in [-0.15, -0.1) is 0 Å². The van der Waals surface area contributed by atoms with Crippen molar-refractivity contribution in [3.8, 4) is 0 Å². The topological polar surface area (TPSA) is 72.8 Å². The van der Waals surface area contributed by atoms with E-state index >= 15 is 0 Å². The second-order valence-corrected chi connectivity index (χ2v) is 7.79. The Balaban J connectivity index is 1.59. The van der Waals surface area contributed by atoms with Crippen molar-refractivity contribution >= 4 is 28.9 Å². The Labute approximate surface area is 180 Å². The largest absolute Gasteiger partial charge is 0.394 e. The summed E-state index contributed by atoms with van der Waals surface area (Å²) in [6.07, 6.45) is -0.154. The molecule has 1 aliphatic rings. The Morgan fingerprint density at radius 2 is 1.87 bits per heavy atom. The molecule has 3 aromatic carbocycles. The third-order valence-corrected chi connectivity index (χ3v) is 5.62. The number of nitrogens with one attached hydrogen (secondary N) is 1. The van der Waals surface area contributed by atoms with E-state index < -0.39 is 6.10 Å². The van der Waals surface area contributed by atoms with Crippen molar-refractivity contribution in [1.82, 2.24) is 0 Å². The fraction of sp³-hybridized carbons (Fsp3) is 0.208. The van der Waals surface area contributed by atoms with E-state index in [2.05, 4.69) is 10.2 Å². The molecule has 0 aromatic heterocycles. The molecule has 0 unspecified atom stereocenters. The van der Waals surface area contributed by atoms with Crippen LogP contribution in [0.4, 0.5) is 11.4 Å². The molecule has 2 atom stereocenters. The predicted octanol–water partition coefficient (Wildman–Crippen LogP) is 4.05. The molecule has 0 spiro atoms. The van der Waals surface area contributed by atoms with Crippen LogP contribution in [-0.2, 0) is 6.42 Å². The summed E-state index contributed by atoms with van der Waals surface area (Å²) in [7, 11) is 0. The van der Waals surface area contributed by atoms with Crippen LogP contribution >= 0.6 is 11.6 Å². The lowest BCUT2D eigenvalue weighted by molar-refractivity contribution is 0.0717. The molecule has 0 fully saturated rings. The normalized spacial score (nSPS) is 14.8. The van der Waals surface area contributed by atoms with Gasteiger partial charge >= 0.3 is 0 Å². The maximum Gasteiger partial charge on any atom is 0.255 e. The molecular weight excluding hydrogens is 400 g/mol. The Morgan fingerprint density at radius 3 is 2.60 bits per heavy atom. The molecule has 1 amide bonds. The number of halogens is 1. The molecule has 6 heteroatoms. The number of anilines is 2. The number of carbonyl (C=O) groups is 1. The van der Waals surface area contributed by atoms with Crippen molar-refractivity contribution in [1.29, 1.82) is 0 Å². The van der Waals surface area contributed by atoms with Gasteiger partial charge in [0.15, 0.2) is 0 Å². The first-order valence-corrected chi connectivity index (χ1v) is 10.2. The van der Waals surface area contributed by atoms with Crippen LogP contribution in [0, 0.1) is 0 Å². The first-order chi connectivity index (χ1) is 14.6. The third kappa shape index (κ3) is 4.19. The molecule has 0 saturated carbocycles. The number of aliphatic hydroxyl groups is 2. The Hall–Kier alpha value is -2.86. The first kappa shape index (κ1) is 20.4. The molecule has 30 heavy (non-hydrogen) atoms. The Kier molecular flexibility index (Phi) is 6.04. The molecule has 1 aliphatic heterocycles. The summed E-state index contributed by atoms with van der Waals surface area (Å²) in [4.78, 5) is 14.8.